The molecule has 1 atom stereocenters. The van der Waals surface area contributed by atoms with Crippen LogP contribution in [0, 0.1) is 18.3 Å². The van der Waals surface area contributed by atoms with E-state index < -0.39 is 0 Å². The van der Waals surface area contributed by atoms with Gasteiger partial charge in [0.1, 0.15) is 6.61 Å². The van der Waals surface area contributed by atoms with Crippen molar-refractivity contribution in [1.82, 2.24) is 10.6 Å². The summed E-state index contributed by atoms with van der Waals surface area (Å²) in [4.78, 5) is 11.1. The number of carbonyl (C=O) groups is 1. The molecular weight excluding hydrogens is 204 g/mol. The average Bonchev–Trinajstić information content (AvgIpc) is 2.33. The summed E-state index contributed by atoms with van der Waals surface area (Å²) in [5.41, 5.74) is 0. The molecule has 0 aromatic carbocycles. The number of nitrogens with one attached hydrogen (secondary N) is 2. The van der Waals surface area contributed by atoms with Crippen molar-refractivity contribution in [3.8, 4) is 12.3 Å². The zero-order chi connectivity index (χ0) is 11.6. The number of hydrogen-bond donors (Lipinski definition) is 2. The van der Waals surface area contributed by atoms with Gasteiger partial charge in [0.05, 0.1) is 6.54 Å². The van der Waals surface area contributed by atoms with Crippen LogP contribution in [0.25, 0.3) is 0 Å². The molecule has 1 amide bonds. The zero-order valence-electron chi connectivity index (χ0n) is 9.63. The molecule has 1 aliphatic rings. The summed E-state index contributed by atoms with van der Waals surface area (Å²) < 4.78 is 5.29. The first-order valence-corrected chi connectivity index (χ1v) is 5.81. The van der Waals surface area contributed by atoms with Gasteiger partial charge in [0.15, 0.2) is 0 Å². The molecule has 4 nitrogen and oxygen atoms in total. The minimum Gasteiger partial charge on any atom is -0.372 e. The van der Waals surface area contributed by atoms with Gasteiger partial charge in [0, 0.05) is 6.61 Å². The van der Waals surface area contributed by atoms with E-state index in [2.05, 4.69) is 16.6 Å². The topological polar surface area (TPSA) is 50.4 Å². The highest BCUT2D eigenvalue weighted by molar-refractivity contribution is 5.77. The molecule has 1 heterocycles. The molecule has 0 aromatic heterocycles. The minimum atomic E-state index is -0.139. The van der Waals surface area contributed by atoms with Crippen molar-refractivity contribution in [2.75, 3.05) is 32.8 Å². The molecule has 0 aliphatic carbocycles. The van der Waals surface area contributed by atoms with Gasteiger partial charge in [0.25, 0.3) is 0 Å². The van der Waals surface area contributed by atoms with Crippen molar-refractivity contribution >= 4 is 5.91 Å². The third kappa shape index (κ3) is 5.74. The Hall–Kier alpha value is -1.05. The predicted molar refractivity (Wildman–Crippen MR) is 62.9 cm³/mol. The fourth-order valence-electron chi connectivity index (χ4n) is 1.79. The van der Waals surface area contributed by atoms with E-state index in [4.69, 9.17) is 11.2 Å². The molecule has 0 saturated carbocycles. The normalized spacial score (nSPS) is 20.1. The van der Waals surface area contributed by atoms with Crippen LogP contribution in [-0.2, 0) is 9.53 Å². The second-order valence-corrected chi connectivity index (χ2v) is 4.03. The smallest absolute Gasteiger partial charge is 0.246 e. The fourth-order valence-corrected chi connectivity index (χ4v) is 1.79. The van der Waals surface area contributed by atoms with Crippen LogP contribution in [0.3, 0.4) is 0 Å². The molecule has 1 rings (SSSR count). The lowest BCUT2D eigenvalue weighted by molar-refractivity contribution is -0.125. The summed E-state index contributed by atoms with van der Waals surface area (Å²) in [7, 11) is 0. The van der Waals surface area contributed by atoms with Crippen LogP contribution in [-0.4, -0.2) is 38.8 Å². The van der Waals surface area contributed by atoms with E-state index in [9.17, 15) is 4.79 Å². The van der Waals surface area contributed by atoms with Crippen LogP contribution < -0.4 is 10.6 Å². The third-order valence-electron chi connectivity index (χ3n) is 2.69. The highest BCUT2D eigenvalue weighted by atomic mass is 16.5. The monoisotopic (exact) mass is 224 g/mol. The Kier molecular flexibility index (Phi) is 6.62. The largest absolute Gasteiger partial charge is 0.372 e. The van der Waals surface area contributed by atoms with E-state index in [0.717, 1.165) is 19.5 Å². The molecule has 1 saturated heterocycles. The van der Waals surface area contributed by atoms with Crippen LogP contribution in [0.4, 0.5) is 0 Å². The predicted octanol–water partition coefficient (Wildman–Crippen LogP) is 0.142. The summed E-state index contributed by atoms with van der Waals surface area (Å²) in [6, 6.07) is 0. The summed E-state index contributed by atoms with van der Waals surface area (Å²) in [5.74, 6) is 2.90. The number of rotatable bonds is 6. The third-order valence-corrected chi connectivity index (χ3v) is 2.69. The molecule has 1 fully saturated rings. The Labute approximate surface area is 97.1 Å². The molecule has 90 valence electrons. The van der Waals surface area contributed by atoms with Crippen LogP contribution >= 0.6 is 0 Å². The molecule has 0 bridgehead atoms. The number of piperidine rings is 1. The van der Waals surface area contributed by atoms with Crippen molar-refractivity contribution in [2.45, 2.75) is 19.3 Å². The van der Waals surface area contributed by atoms with Gasteiger partial charge in [-0.25, -0.2) is 0 Å². The second kappa shape index (κ2) is 8.14. The van der Waals surface area contributed by atoms with Gasteiger partial charge >= 0.3 is 0 Å². The summed E-state index contributed by atoms with van der Waals surface area (Å²) in [6.07, 6.45) is 8.55. The summed E-state index contributed by atoms with van der Waals surface area (Å²) >= 11 is 0. The standard InChI is InChI=1S/C12H20N2O2/c1-2-6-14-12(15)10-16-8-5-11-4-3-7-13-9-11/h1,11,13H,3-10H2,(H,14,15). The summed E-state index contributed by atoms with van der Waals surface area (Å²) in [5, 5.41) is 5.91. The first-order valence-electron chi connectivity index (χ1n) is 5.81. The van der Waals surface area contributed by atoms with E-state index in [1.807, 2.05) is 0 Å². The SMILES string of the molecule is C#CCNC(=O)COCCC1CCCNC1. The van der Waals surface area contributed by atoms with E-state index in [0.29, 0.717) is 12.5 Å². The van der Waals surface area contributed by atoms with E-state index >= 15 is 0 Å². The van der Waals surface area contributed by atoms with E-state index in [-0.39, 0.29) is 19.1 Å². The quantitative estimate of drug-likeness (QED) is 0.498. The maximum Gasteiger partial charge on any atom is 0.246 e. The lowest BCUT2D eigenvalue weighted by Gasteiger charge is -2.22. The van der Waals surface area contributed by atoms with Crippen LogP contribution in [0.15, 0.2) is 0 Å². The van der Waals surface area contributed by atoms with E-state index in [1.54, 1.807) is 0 Å². The molecule has 0 spiro atoms. The van der Waals surface area contributed by atoms with Gasteiger partial charge in [0.2, 0.25) is 5.91 Å². The Morgan fingerprint density at radius 1 is 1.62 bits per heavy atom. The van der Waals surface area contributed by atoms with Crippen LogP contribution in [0.1, 0.15) is 19.3 Å². The maximum atomic E-state index is 11.1. The van der Waals surface area contributed by atoms with Gasteiger partial charge < -0.3 is 15.4 Å². The van der Waals surface area contributed by atoms with Gasteiger partial charge in [-0.2, -0.15) is 0 Å². The van der Waals surface area contributed by atoms with Crippen molar-refractivity contribution in [2.24, 2.45) is 5.92 Å². The number of carbonyl (C=O) groups excluding carboxylic acids is 1. The lowest BCUT2D eigenvalue weighted by Crippen LogP contribution is -2.31. The van der Waals surface area contributed by atoms with Crippen molar-refractivity contribution in [3.63, 3.8) is 0 Å². The Morgan fingerprint density at radius 3 is 3.19 bits per heavy atom. The van der Waals surface area contributed by atoms with Crippen molar-refractivity contribution in [1.29, 1.82) is 0 Å². The van der Waals surface area contributed by atoms with Gasteiger partial charge in [-0.3, -0.25) is 4.79 Å². The number of ether oxygens (including phenoxy) is 1. The minimum absolute atomic E-state index is 0.113. The fraction of sp³-hybridized carbons (Fsp3) is 0.750. The number of terminal acetylenes is 1. The Morgan fingerprint density at radius 2 is 2.50 bits per heavy atom. The lowest BCUT2D eigenvalue weighted by atomic mass is 9.97. The average molecular weight is 224 g/mol. The van der Waals surface area contributed by atoms with Crippen LogP contribution in [0.2, 0.25) is 0 Å². The van der Waals surface area contributed by atoms with Gasteiger partial charge in [-0.1, -0.05) is 5.92 Å². The molecule has 16 heavy (non-hydrogen) atoms. The highest BCUT2D eigenvalue weighted by Gasteiger charge is 2.12. The molecule has 0 aromatic rings. The molecule has 1 unspecified atom stereocenters. The Bertz CT molecular complexity index is 242. The highest BCUT2D eigenvalue weighted by Crippen LogP contribution is 2.13. The van der Waals surface area contributed by atoms with Gasteiger partial charge in [-0.05, 0) is 38.3 Å². The maximum absolute atomic E-state index is 11.1. The molecule has 1 aliphatic heterocycles. The molecule has 0 radical (unpaired) electrons. The number of amides is 1. The molecular formula is C12H20N2O2. The first kappa shape index (κ1) is 13.0. The van der Waals surface area contributed by atoms with E-state index in [1.165, 1.54) is 12.8 Å². The van der Waals surface area contributed by atoms with Crippen molar-refractivity contribution in [3.05, 3.63) is 0 Å². The first-order chi connectivity index (χ1) is 7.83. The number of hydrogen-bond acceptors (Lipinski definition) is 3. The molecule has 4 heteroatoms. The summed E-state index contributed by atoms with van der Waals surface area (Å²) in [6.45, 7) is 3.24. The molecule has 2 N–H and O–H groups in total. The van der Waals surface area contributed by atoms with Gasteiger partial charge in [-0.15, -0.1) is 6.42 Å². The van der Waals surface area contributed by atoms with Crippen molar-refractivity contribution < 1.29 is 9.53 Å². The van der Waals surface area contributed by atoms with Crippen LogP contribution in [0.5, 0.6) is 0 Å². The Balaban J connectivity index is 1.94. The second-order valence-electron chi connectivity index (χ2n) is 4.03. The zero-order valence-corrected chi connectivity index (χ0v) is 9.63.